The number of alkyl halides is 2. The molecular formula is C19H41I2N4O4-. The summed E-state index contributed by atoms with van der Waals surface area (Å²) in [4.78, 5) is 9.42. The number of aliphatic hydroxyl groups is 3. The van der Waals surface area contributed by atoms with Crippen LogP contribution in [0.3, 0.4) is 0 Å². The summed E-state index contributed by atoms with van der Waals surface area (Å²) in [6.45, 7) is 12.2. The third kappa shape index (κ3) is 13.3. The zero-order valence-corrected chi connectivity index (χ0v) is 22.2. The minimum absolute atomic E-state index is 0.159. The molecular weight excluding hydrogens is 602 g/mol. The van der Waals surface area contributed by atoms with E-state index in [0.29, 0.717) is 13.1 Å². The summed E-state index contributed by atoms with van der Waals surface area (Å²) in [5, 5.41) is 28.5. The minimum atomic E-state index is -0.769. The van der Waals surface area contributed by atoms with Gasteiger partial charge in [0.15, 0.2) is 0 Å². The number of halogens is 2. The Bertz CT molecular complexity index is 410. The molecule has 176 valence electrons. The maximum absolute atomic E-state index is 9.69. The van der Waals surface area contributed by atoms with E-state index in [1.807, 2.05) is 0 Å². The van der Waals surface area contributed by atoms with Crippen LogP contribution in [0.5, 0.6) is 0 Å². The zero-order valence-electron chi connectivity index (χ0n) is 17.9. The SMILES string of the molecule is CC(I)(CO)CN1CCCN(CCO)CCN(CCO)CCCN(C[I-]O)CC1. The van der Waals surface area contributed by atoms with E-state index in [9.17, 15) is 18.8 Å². The first-order chi connectivity index (χ1) is 13.9. The molecule has 0 aliphatic carbocycles. The van der Waals surface area contributed by atoms with E-state index in [4.69, 9.17) is 0 Å². The van der Waals surface area contributed by atoms with Crippen LogP contribution in [-0.2, 0) is 0 Å². The van der Waals surface area contributed by atoms with Crippen molar-refractivity contribution in [2.75, 3.05) is 96.4 Å². The fraction of sp³-hybridized carbons (Fsp3) is 1.00. The number of aliphatic hydroxyl groups excluding tert-OH is 3. The molecule has 1 fully saturated rings. The van der Waals surface area contributed by atoms with Crippen LogP contribution in [0.4, 0.5) is 0 Å². The summed E-state index contributed by atoms with van der Waals surface area (Å²) in [5.41, 5.74) is 0. The Kier molecular flexibility index (Phi) is 16.3. The number of rotatable bonds is 9. The van der Waals surface area contributed by atoms with Crippen molar-refractivity contribution >= 4 is 22.6 Å². The van der Waals surface area contributed by atoms with E-state index in [-0.39, 0.29) is 23.2 Å². The summed E-state index contributed by atoms with van der Waals surface area (Å²) in [6.07, 6.45) is 2.04. The monoisotopic (exact) mass is 643 g/mol. The molecule has 1 rings (SSSR count). The number of β-amino-alcohol motifs (C(OH)–C–C–N with tert-alkyl or cyclic N) is 2. The van der Waals surface area contributed by atoms with Gasteiger partial charge in [-0.1, -0.05) is 0 Å². The first kappa shape index (κ1) is 28.2. The first-order valence-corrected chi connectivity index (χ1v) is 14.1. The molecule has 0 spiro atoms. The van der Waals surface area contributed by atoms with Crippen LogP contribution in [0.2, 0.25) is 0 Å². The van der Waals surface area contributed by atoms with Gasteiger partial charge in [-0.2, -0.15) is 0 Å². The van der Waals surface area contributed by atoms with Gasteiger partial charge in [0.25, 0.3) is 0 Å². The van der Waals surface area contributed by atoms with Gasteiger partial charge in [0.2, 0.25) is 0 Å². The van der Waals surface area contributed by atoms with Gasteiger partial charge in [-0.05, 0) is 0 Å². The zero-order chi connectivity index (χ0) is 21.5. The van der Waals surface area contributed by atoms with Crippen molar-refractivity contribution in [3.8, 4) is 0 Å². The Balaban J connectivity index is 2.79. The van der Waals surface area contributed by atoms with Gasteiger partial charge in [-0.25, -0.2) is 0 Å². The molecule has 10 heteroatoms. The predicted molar refractivity (Wildman–Crippen MR) is 121 cm³/mol. The maximum atomic E-state index is 9.69. The molecule has 0 aromatic heterocycles. The second-order valence-electron chi connectivity index (χ2n) is 8.04. The molecule has 0 aromatic rings. The molecule has 0 aromatic carbocycles. The van der Waals surface area contributed by atoms with E-state index >= 15 is 0 Å². The molecule has 8 nitrogen and oxygen atoms in total. The summed E-state index contributed by atoms with van der Waals surface area (Å²) >= 11 is 1.58. The van der Waals surface area contributed by atoms with Gasteiger partial charge in [0.05, 0.1) is 0 Å². The van der Waals surface area contributed by atoms with E-state index in [1.54, 1.807) is 0 Å². The fourth-order valence-corrected chi connectivity index (χ4v) is 5.24. The Morgan fingerprint density at radius 1 is 0.759 bits per heavy atom. The Morgan fingerprint density at radius 2 is 1.21 bits per heavy atom. The Hall–Kier alpha value is 1.14. The van der Waals surface area contributed by atoms with Gasteiger partial charge in [0.1, 0.15) is 0 Å². The van der Waals surface area contributed by atoms with Gasteiger partial charge < -0.3 is 0 Å². The molecule has 1 heterocycles. The average Bonchev–Trinajstić information content (AvgIpc) is 2.68. The molecule has 1 aliphatic rings. The molecule has 0 radical (unpaired) electrons. The number of hydrogen-bond donors (Lipinski definition) is 4. The third-order valence-electron chi connectivity index (χ3n) is 5.30. The van der Waals surface area contributed by atoms with Crippen LogP contribution in [0.1, 0.15) is 19.8 Å². The summed E-state index contributed by atoms with van der Waals surface area (Å²) < 4.78 is 10.2. The Labute approximate surface area is 201 Å². The normalized spacial score (nSPS) is 23.1. The van der Waals surface area contributed by atoms with Gasteiger partial charge >= 0.3 is 202 Å². The van der Waals surface area contributed by atoms with Crippen LogP contribution >= 0.6 is 22.6 Å². The van der Waals surface area contributed by atoms with E-state index in [2.05, 4.69) is 49.1 Å². The summed E-state index contributed by atoms with van der Waals surface area (Å²) in [6, 6.07) is 0. The molecule has 1 atom stereocenters. The molecule has 1 unspecified atom stereocenters. The molecule has 1 saturated heterocycles. The topological polar surface area (TPSA) is 93.9 Å². The van der Waals surface area contributed by atoms with Crippen LogP contribution in [0, 0.1) is 0 Å². The van der Waals surface area contributed by atoms with Gasteiger partial charge in [-0.3, -0.25) is 0 Å². The van der Waals surface area contributed by atoms with Crippen molar-refractivity contribution < 1.29 is 40.4 Å². The van der Waals surface area contributed by atoms with Crippen LogP contribution < -0.4 is 21.6 Å². The standard InChI is InChI=1S/C19H41I2N4O4/c1-19(20,17-28)16-24-6-2-4-22(12-14-26)8-9-23(13-15-27)5-3-7-25(11-10-24)18-21-29/h26-29H,2-18H2,1H3/q-1. The third-order valence-corrected chi connectivity index (χ3v) is 7.25. The van der Waals surface area contributed by atoms with Crippen LogP contribution in [0.15, 0.2) is 0 Å². The van der Waals surface area contributed by atoms with Gasteiger partial charge in [0, 0.05) is 0 Å². The van der Waals surface area contributed by atoms with E-state index in [1.165, 1.54) is 0 Å². The van der Waals surface area contributed by atoms with E-state index in [0.717, 1.165) is 76.3 Å². The van der Waals surface area contributed by atoms with Crippen LogP contribution in [-0.4, -0.2) is 138 Å². The average molecular weight is 643 g/mol. The quantitative estimate of drug-likeness (QED) is 0.115. The molecule has 0 saturated carbocycles. The van der Waals surface area contributed by atoms with Crippen molar-refractivity contribution in [1.82, 2.24) is 19.6 Å². The second-order valence-corrected chi connectivity index (χ2v) is 12.0. The van der Waals surface area contributed by atoms with Crippen molar-refractivity contribution in [1.29, 1.82) is 0 Å². The number of hydrogen-bond acceptors (Lipinski definition) is 8. The van der Waals surface area contributed by atoms with Crippen LogP contribution in [0.25, 0.3) is 0 Å². The van der Waals surface area contributed by atoms with Crippen molar-refractivity contribution in [3.63, 3.8) is 0 Å². The second kappa shape index (κ2) is 16.7. The van der Waals surface area contributed by atoms with Crippen molar-refractivity contribution in [2.24, 2.45) is 0 Å². The summed E-state index contributed by atoms with van der Waals surface area (Å²) in [7, 11) is 0. The molecule has 0 bridgehead atoms. The molecule has 4 N–H and O–H groups in total. The predicted octanol–water partition coefficient (Wildman–Crippen LogP) is -3.89. The van der Waals surface area contributed by atoms with Gasteiger partial charge in [-0.15, -0.1) is 0 Å². The Morgan fingerprint density at radius 3 is 1.69 bits per heavy atom. The van der Waals surface area contributed by atoms with Crippen molar-refractivity contribution in [3.05, 3.63) is 0 Å². The molecule has 1 aliphatic heterocycles. The first-order valence-electron chi connectivity index (χ1n) is 10.6. The molecule has 0 amide bonds. The van der Waals surface area contributed by atoms with E-state index < -0.39 is 21.6 Å². The summed E-state index contributed by atoms with van der Waals surface area (Å²) in [5.74, 6) is 0. The molecule has 29 heavy (non-hydrogen) atoms. The van der Waals surface area contributed by atoms with Crippen molar-refractivity contribution in [2.45, 2.75) is 23.2 Å². The number of nitrogens with zero attached hydrogens (tertiary/aromatic N) is 4. The fourth-order valence-electron chi connectivity index (χ4n) is 3.65.